The fourth-order valence-electron chi connectivity index (χ4n) is 2.78. The molecule has 0 aliphatic rings. The SMILES string of the molecule is COCCCS(=O)(=O)c1ccc(-c2ccc(C(C)(C)NC(=O)O)cc2)cc1. The molecule has 0 radical (unpaired) electrons. The number of amides is 1. The van der Waals surface area contributed by atoms with Crippen molar-refractivity contribution in [3.05, 3.63) is 54.1 Å². The molecule has 7 heteroatoms. The van der Waals surface area contributed by atoms with E-state index < -0.39 is 21.5 Å². The summed E-state index contributed by atoms with van der Waals surface area (Å²) >= 11 is 0. The van der Waals surface area contributed by atoms with Gasteiger partial charge in [-0.2, -0.15) is 0 Å². The third-order valence-electron chi connectivity index (χ3n) is 4.33. The summed E-state index contributed by atoms with van der Waals surface area (Å²) in [5.41, 5.74) is 1.95. The molecule has 0 aromatic heterocycles. The number of benzene rings is 2. The molecule has 6 nitrogen and oxygen atoms in total. The molecule has 0 aliphatic heterocycles. The van der Waals surface area contributed by atoms with Gasteiger partial charge in [-0.25, -0.2) is 13.2 Å². The Morgan fingerprint density at radius 1 is 1.04 bits per heavy atom. The predicted molar refractivity (Wildman–Crippen MR) is 105 cm³/mol. The van der Waals surface area contributed by atoms with Crippen LogP contribution >= 0.6 is 0 Å². The van der Waals surface area contributed by atoms with Crippen LogP contribution in [0.2, 0.25) is 0 Å². The number of nitrogens with one attached hydrogen (secondary N) is 1. The van der Waals surface area contributed by atoms with Gasteiger partial charge in [0.2, 0.25) is 0 Å². The third-order valence-corrected chi connectivity index (χ3v) is 6.15. The fourth-order valence-corrected chi connectivity index (χ4v) is 4.07. The van der Waals surface area contributed by atoms with Crippen molar-refractivity contribution in [2.24, 2.45) is 0 Å². The van der Waals surface area contributed by atoms with Gasteiger partial charge >= 0.3 is 6.09 Å². The molecule has 146 valence electrons. The first-order valence-electron chi connectivity index (χ1n) is 8.59. The molecule has 0 aliphatic carbocycles. The predicted octanol–water partition coefficient (Wildman–Crippen LogP) is 3.67. The van der Waals surface area contributed by atoms with Crippen LogP contribution in [-0.2, 0) is 20.1 Å². The number of carbonyl (C=O) groups is 1. The van der Waals surface area contributed by atoms with Crippen LogP contribution in [0.15, 0.2) is 53.4 Å². The van der Waals surface area contributed by atoms with Crippen molar-refractivity contribution in [1.29, 1.82) is 0 Å². The van der Waals surface area contributed by atoms with Crippen LogP contribution in [0.4, 0.5) is 4.79 Å². The minimum absolute atomic E-state index is 0.0561. The summed E-state index contributed by atoms with van der Waals surface area (Å²) in [6.07, 6.45) is -0.617. The van der Waals surface area contributed by atoms with Gasteiger partial charge in [0.05, 0.1) is 16.2 Å². The molecule has 0 fully saturated rings. The van der Waals surface area contributed by atoms with E-state index in [4.69, 9.17) is 9.84 Å². The molecular weight excluding hydrogens is 366 g/mol. The first kappa shape index (κ1) is 20.9. The summed E-state index contributed by atoms with van der Waals surface area (Å²) < 4.78 is 29.5. The van der Waals surface area contributed by atoms with Crippen molar-refractivity contribution >= 4 is 15.9 Å². The largest absolute Gasteiger partial charge is 0.465 e. The average molecular weight is 391 g/mol. The highest BCUT2D eigenvalue weighted by atomic mass is 32.2. The monoisotopic (exact) mass is 391 g/mol. The lowest BCUT2D eigenvalue weighted by molar-refractivity contribution is 0.182. The number of methoxy groups -OCH3 is 1. The standard InChI is InChI=1S/C20H25NO5S/c1-20(2,21-19(22)23)17-9-5-15(6-10-17)16-7-11-18(12-8-16)27(24,25)14-4-13-26-3/h5-12,21H,4,13-14H2,1-3H3,(H,22,23). The van der Waals surface area contributed by atoms with Crippen molar-refractivity contribution in [1.82, 2.24) is 5.32 Å². The molecule has 0 unspecified atom stereocenters. The van der Waals surface area contributed by atoms with Crippen molar-refractivity contribution in [3.63, 3.8) is 0 Å². The van der Waals surface area contributed by atoms with E-state index in [0.29, 0.717) is 17.9 Å². The van der Waals surface area contributed by atoms with E-state index in [9.17, 15) is 13.2 Å². The summed E-state index contributed by atoms with van der Waals surface area (Å²) in [7, 11) is -1.77. The molecule has 27 heavy (non-hydrogen) atoms. The molecule has 0 heterocycles. The molecule has 0 saturated carbocycles. The van der Waals surface area contributed by atoms with Gasteiger partial charge in [0.25, 0.3) is 0 Å². The number of hydrogen-bond acceptors (Lipinski definition) is 4. The molecule has 0 atom stereocenters. The van der Waals surface area contributed by atoms with Gasteiger partial charge in [-0.05, 0) is 49.1 Å². The Morgan fingerprint density at radius 2 is 1.56 bits per heavy atom. The number of ether oxygens (including phenoxy) is 1. The summed E-state index contributed by atoms with van der Waals surface area (Å²) in [6.45, 7) is 4.00. The molecular formula is C20H25NO5S. The highest BCUT2D eigenvalue weighted by Crippen LogP contribution is 2.26. The number of carboxylic acid groups (broad SMARTS) is 1. The Kier molecular flexibility index (Phi) is 6.62. The summed E-state index contributed by atoms with van der Waals surface area (Å²) in [5, 5.41) is 11.4. The molecule has 1 amide bonds. The summed E-state index contributed by atoms with van der Waals surface area (Å²) in [6, 6.07) is 14.3. The molecule has 2 N–H and O–H groups in total. The third kappa shape index (κ3) is 5.55. The van der Waals surface area contributed by atoms with Crippen molar-refractivity contribution in [3.8, 4) is 11.1 Å². The Morgan fingerprint density at radius 3 is 2.04 bits per heavy atom. The molecule has 0 saturated heterocycles. The van der Waals surface area contributed by atoms with Crippen LogP contribution in [-0.4, -0.2) is 39.1 Å². The smallest absolute Gasteiger partial charge is 0.405 e. The van der Waals surface area contributed by atoms with Crippen LogP contribution in [0.1, 0.15) is 25.8 Å². The van der Waals surface area contributed by atoms with Crippen LogP contribution in [0, 0.1) is 0 Å². The van der Waals surface area contributed by atoms with Gasteiger partial charge < -0.3 is 15.2 Å². The van der Waals surface area contributed by atoms with E-state index in [1.165, 1.54) is 0 Å². The fraction of sp³-hybridized carbons (Fsp3) is 0.350. The molecule has 2 aromatic rings. The van der Waals surface area contributed by atoms with E-state index >= 15 is 0 Å². The van der Waals surface area contributed by atoms with Crippen LogP contribution in [0.3, 0.4) is 0 Å². The number of rotatable bonds is 8. The lowest BCUT2D eigenvalue weighted by atomic mass is 9.92. The zero-order valence-corrected chi connectivity index (χ0v) is 16.5. The quantitative estimate of drug-likeness (QED) is 0.670. The Hall–Kier alpha value is -2.38. The minimum Gasteiger partial charge on any atom is -0.465 e. The topological polar surface area (TPSA) is 92.7 Å². The molecule has 2 aromatic carbocycles. The van der Waals surface area contributed by atoms with Gasteiger partial charge in [0.1, 0.15) is 0 Å². The lowest BCUT2D eigenvalue weighted by Gasteiger charge is -2.25. The van der Waals surface area contributed by atoms with Crippen molar-refractivity contribution < 1.29 is 23.1 Å². The van der Waals surface area contributed by atoms with Gasteiger partial charge in [0.15, 0.2) is 9.84 Å². The number of hydrogen-bond donors (Lipinski definition) is 2. The molecule has 0 bridgehead atoms. The highest BCUT2D eigenvalue weighted by Gasteiger charge is 2.22. The van der Waals surface area contributed by atoms with E-state index in [2.05, 4.69) is 5.32 Å². The first-order chi connectivity index (χ1) is 12.7. The van der Waals surface area contributed by atoms with E-state index in [1.807, 2.05) is 24.3 Å². The van der Waals surface area contributed by atoms with E-state index in [1.54, 1.807) is 45.2 Å². The molecule has 2 rings (SSSR count). The molecule has 0 spiro atoms. The first-order valence-corrected chi connectivity index (χ1v) is 10.2. The average Bonchev–Trinajstić information content (AvgIpc) is 2.61. The van der Waals surface area contributed by atoms with E-state index in [-0.39, 0.29) is 5.75 Å². The van der Waals surface area contributed by atoms with Crippen molar-refractivity contribution in [2.75, 3.05) is 19.5 Å². The zero-order valence-electron chi connectivity index (χ0n) is 15.7. The van der Waals surface area contributed by atoms with Crippen molar-refractivity contribution in [2.45, 2.75) is 30.7 Å². The van der Waals surface area contributed by atoms with Crippen LogP contribution in [0.25, 0.3) is 11.1 Å². The van der Waals surface area contributed by atoms with Crippen LogP contribution in [0.5, 0.6) is 0 Å². The van der Waals surface area contributed by atoms with Gasteiger partial charge in [0, 0.05) is 13.7 Å². The maximum Gasteiger partial charge on any atom is 0.405 e. The van der Waals surface area contributed by atoms with Gasteiger partial charge in [-0.15, -0.1) is 0 Å². The maximum atomic E-state index is 12.3. The van der Waals surface area contributed by atoms with Crippen LogP contribution < -0.4 is 5.32 Å². The zero-order chi connectivity index (χ0) is 20.1. The van der Waals surface area contributed by atoms with Gasteiger partial charge in [-0.3, -0.25) is 0 Å². The maximum absolute atomic E-state index is 12.3. The normalized spacial score (nSPS) is 12.0. The Bertz CT molecular complexity index is 872. The van der Waals surface area contributed by atoms with Gasteiger partial charge in [-0.1, -0.05) is 36.4 Å². The second-order valence-corrected chi connectivity index (χ2v) is 8.93. The second kappa shape index (κ2) is 8.54. The number of sulfone groups is 1. The summed E-state index contributed by atoms with van der Waals surface area (Å²) in [4.78, 5) is 11.2. The Labute approximate surface area is 160 Å². The minimum atomic E-state index is -3.31. The lowest BCUT2D eigenvalue weighted by Crippen LogP contribution is -2.39. The Balaban J connectivity index is 2.16. The summed E-state index contributed by atoms with van der Waals surface area (Å²) in [5.74, 6) is 0.0561. The highest BCUT2D eigenvalue weighted by molar-refractivity contribution is 7.91. The van der Waals surface area contributed by atoms with E-state index in [0.717, 1.165) is 16.7 Å². The second-order valence-electron chi connectivity index (χ2n) is 6.82.